The van der Waals surface area contributed by atoms with Crippen molar-refractivity contribution in [2.24, 2.45) is 0 Å². The van der Waals surface area contributed by atoms with Crippen LogP contribution < -0.4 is 5.32 Å². The minimum Gasteiger partial charge on any atom is -0.306 e. The lowest BCUT2D eigenvalue weighted by molar-refractivity contribution is 0.597. The van der Waals surface area contributed by atoms with E-state index in [0.29, 0.717) is 0 Å². The molecule has 1 heterocycles. The van der Waals surface area contributed by atoms with E-state index in [1.165, 1.54) is 16.7 Å². The van der Waals surface area contributed by atoms with Crippen LogP contribution in [0.3, 0.4) is 0 Å². The van der Waals surface area contributed by atoms with Crippen LogP contribution in [0, 0.1) is 6.92 Å². The van der Waals surface area contributed by atoms with Gasteiger partial charge in [0.25, 0.3) is 0 Å². The van der Waals surface area contributed by atoms with Crippen molar-refractivity contribution in [1.29, 1.82) is 0 Å². The second kappa shape index (κ2) is 6.37. The van der Waals surface area contributed by atoms with E-state index in [2.05, 4.69) is 42.1 Å². The summed E-state index contributed by atoms with van der Waals surface area (Å²) in [5.41, 5.74) is 3.88. The molecule has 1 aromatic heterocycles. The first-order valence-electron chi connectivity index (χ1n) is 6.24. The molecule has 3 heteroatoms. The number of thiophene rings is 1. The number of benzene rings is 1. The Labute approximate surface area is 118 Å². The van der Waals surface area contributed by atoms with Gasteiger partial charge in [-0.25, -0.2) is 0 Å². The van der Waals surface area contributed by atoms with Gasteiger partial charge in [-0.05, 0) is 65.5 Å². The van der Waals surface area contributed by atoms with Gasteiger partial charge in [-0.3, -0.25) is 0 Å². The van der Waals surface area contributed by atoms with Crippen molar-refractivity contribution in [3.05, 3.63) is 56.7 Å². The summed E-state index contributed by atoms with van der Waals surface area (Å²) in [6.45, 7) is 5.32. The summed E-state index contributed by atoms with van der Waals surface area (Å²) in [7, 11) is 0. The fourth-order valence-corrected chi connectivity index (χ4v) is 3.01. The van der Waals surface area contributed by atoms with Gasteiger partial charge >= 0.3 is 0 Å². The predicted octanol–water partition coefficient (Wildman–Crippen LogP) is 4.80. The summed E-state index contributed by atoms with van der Waals surface area (Å²) < 4.78 is 0. The Kier molecular flexibility index (Phi) is 4.81. The maximum absolute atomic E-state index is 6.03. The van der Waals surface area contributed by atoms with Crippen LogP contribution in [-0.4, -0.2) is 6.54 Å². The van der Waals surface area contributed by atoms with Crippen molar-refractivity contribution in [1.82, 2.24) is 5.32 Å². The summed E-state index contributed by atoms with van der Waals surface area (Å²) >= 11 is 7.77. The molecule has 0 fully saturated rings. The first-order valence-corrected chi connectivity index (χ1v) is 7.56. The lowest BCUT2D eigenvalue weighted by Gasteiger charge is -2.20. The predicted molar refractivity (Wildman–Crippen MR) is 80.6 cm³/mol. The zero-order valence-electron chi connectivity index (χ0n) is 10.7. The van der Waals surface area contributed by atoms with Gasteiger partial charge in [0, 0.05) is 5.02 Å². The van der Waals surface area contributed by atoms with Crippen molar-refractivity contribution >= 4 is 22.9 Å². The number of halogens is 1. The number of aryl methyl sites for hydroxylation is 1. The summed E-state index contributed by atoms with van der Waals surface area (Å²) in [5.74, 6) is 0. The molecule has 0 saturated carbocycles. The van der Waals surface area contributed by atoms with E-state index in [1.54, 1.807) is 11.3 Å². The minimum atomic E-state index is 0.272. The van der Waals surface area contributed by atoms with Crippen LogP contribution in [0.15, 0.2) is 35.0 Å². The Hall–Kier alpha value is -0.830. The second-order valence-corrected chi connectivity index (χ2v) is 5.66. The SMILES string of the molecule is CCCNC(c1ccsc1)c1ccc(Cl)cc1C. The van der Waals surface area contributed by atoms with Crippen molar-refractivity contribution in [3.8, 4) is 0 Å². The third-order valence-corrected chi connectivity index (χ3v) is 3.95. The Balaban J connectivity index is 2.33. The zero-order chi connectivity index (χ0) is 13.0. The van der Waals surface area contributed by atoms with Crippen LogP contribution in [-0.2, 0) is 0 Å². The first kappa shape index (κ1) is 13.6. The van der Waals surface area contributed by atoms with Gasteiger partial charge in [-0.2, -0.15) is 11.3 Å². The number of rotatable bonds is 5. The van der Waals surface area contributed by atoms with Crippen LogP contribution in [0.1, 0.15) is 36.1 Å². The quantitative estimate of drug-likeness (QED) is 0.829. The van der Waals surface area contributed by atoms with Gasteiger partial charge < -0.3 is 5.32 Å². The Morgan fingerprint density at radius 3 is 2.78 bits per heavy atom. The normalized spacial score (nSPS) is 12.6. The van der Waals surface area contributed by atoms with Crippen LogP contribution in [0.5, 0.6) is 0 Å². The van der Waals surface area contributed by atoms with Crippen molar-refractivity contribution in [2.75, 3.05) is 6.54 Å². The Bertz CT molecular complexity index is 493. The minimum absolute atomic E-state index is 0.272. The Morgan fingerprint density at radius 1 is 1.33 bits per heavy atom. The molecule has 1 N–H and O–H groups in total. The third-order valence-electron chi connectivity index (χ3n) is 3.02. The molecule has 2 rings (SSSR count). The fourth-order valence-electron chi connectivity index (χ4n) is 2.10. The number of hydrogen-bond acceptors (Lipinski definition) is 2. The summed E-state index contributed by atoms with van der Waals surface area (Å²) in [6, 6.07) is 8.59. The van der Waals surface area contributed by atoms with Gasteiger partial charge in [0.2, 0.25) is 0 Å². The molecule has 0 saturated heterocycles. The van der Waals surface area contributed by atoms with Gasteiger partial charge in [0.15, 0.2) is 0 Å². The smallest absolute Gasteiger partial charge is 0.0587 e. The average molecular weight is 280 g/mol. The summed E-state index contributed by atoms with van der Waals surface area (Å²) in [4.78, 5) is 0. The molecule has 0 spiro atoms. The molecular formula is C15H18ClNS. The molecule has 0 amide bonds. The van der Waals surface area contributed by atoms with E-state index < -0.39 is 0 Å². The van der Waals surface area contributed by atoms with E-state index in [-0.39, 0.29) is 6.04 Å². The van der Waals surface area contributed by atoms with Crippen molar-refractivity contribution in [3.63, 3.8) is 0 Å². The maximum Gasteiger partial charge on any atom is 0.0587 e. The topological polar surface area (TPSA) is 12.0 Å². The molecule has 1 atom stereocenters. The third kappa shape index (κ3) is 3.14. The van der Waals surface area contributed by atoms with E-state index in [1.807, 2.05) is 12.1 Å². The van der Waals surface area contributed by atoms with Gasteiger partial charge in [-0.15, -0.1) is 0 Å². The molecule has 2 aromatic rings. The van der Waals surface area contributed by atoms with Gasteiger partial charge in [-0.1, -0.05) is 24.6 Å². The lowest BCUT2D eigenvalue weighted by atomic mass is 9.97. The van der Waals surface area contributed by atoms with E-state index >= 15 is 0 Å². The van der Waals surface area contributed by atoms with Gasteiger partial charge in [0.1, 0.15) is 0 Å². The molecule has 0 aliphatic rings. The molecule has 0 aliphatic carbocycles. The summed E-state index contributed by atoms with van der Waals surface area (Å²) in [5, 5.41) is 8.75. The van der Waals surface area contributed by atoms with Crippen LogP contribution in [0.25, 0.3) is 0 Å². The molecule has 0 radical (unpaired) electrons. The molecule has 1 unspecified atom stereocenters. The molecule has 1 nitrogen and oxygen atoms in total. The summed E-state index contributed by atoms with van der Waals surface area (Å²) in [6.07, 6.45) is 1.13. The van der Waals surface area contributed by atoms with E-state index in [9.17, 15) is 0 Å². The monoisotopic (exact) mass is 279 g/mol. The van der Waals surface area contributed by atoms with Crippen molar-refractivity contribution < 1.29 is 0 Å². The zero-order valence-corrected chi connectivity index (χ0v) is 12.3. The molecule has 0 aliphatic heterocycles. The molecule has 1 aromatic carbocycles. The van der Waals surface area contributed by atoms with Crippen LogP contribution in [0.2, 0.25) is 5.02 Å². The average Bonchev–Trinajstić information content (AvgIpc) is 2.85. The number of nitrogens with one attached hydrogen (secondary N) is 1. The highest BCUT2D eigenvalue weighted by Crippen LogP contribution is 2.28. The highest BCUT2D eigenvalue weighted by Gasteiger charge is 2.15. The highest BCUT2D eigenvalue weighted by atomic mass is 35.5. The maximum atomic E-state index is 6.03. The second-order valence-electron chi connectivity index (χ2n) is 4.44. The van der Waals surface area contributed by atoms with E-state index in [4.69, 9.17) is 11.6 Å². The number of hydrogen-bond donors (Lipinski definition) is 1. The first-order chi connectivity index (χ1) is 8.72. The molecule has 96 valence electrons. The molecule has 0 bridgehead atoms. The van der Waals surface area contributed by atoms with Crippen molar-refractivity contribution in [2.45, 2.75) is 26.3 Å². The van der Waals surface area contributed by atoms with Crippen LogP contribution in [0.4, 0.5) is 0 Å². The van der Waals surface area contributed by atoms with Gasteiger partial charge in [0.05, 0.1) is 6.04 Å². The van der Waals surface area contributed by atoms with E-state index in [0.717, 1.165) is 18.0 Å². The fraction of sp³-hybridized carbons (Fsp3) is 0.333. The largest absolute Gasteiger partial charge is 0.306 e. The standard InChI is InChI=1S/C15H18ClNS/c1-3-7-17-15(12-6-8-18-10-12)14-5-4-13(16)9-11(14)2/h4-6,8-10,15,17H,3,7H2,1-2H3. The van der Waals surface area contributed by atoms with Crippen LogP contribution >= 0.6 is 22.9 Å². The highest BCUT2D eigenvalue weighted by molar-refractivity contribution is 7.08. The molecular weight excluding hydrogens is 262 g/mol. The Morgan fingerprint density at radius 2 is 2.17 bits per heavy atom. The molecule has 18 heavy (non-hydrogen) atoms. The lowest BCUT2D eigenvalue weighted by Crippen LogP contribution is -2.23.